The summed E-state index contributed by atoms with van der Waals surface area (Å²) in [5.41, 5.74) is 1.39. The summed E-state index contributed by atoms with van der Waals surface area (Å²) < 4.78 is 0. The van der Waals surface area contributed by atoms with Crippen LogP contribution in [0.5, 0.6) is 0 Å². The Morgan fingerprint density at radius 3 is 2.65 bits per heavy atom. The van der Waals surface area contributed by atoms with Gasteiger partial charge in [0, 0.05) is 10.6 Å². The molecule has 1 aliphatic carbocycles. The van der Waals surface area contributed by atoms with Crippen LogP contribution in [0.2, 0.25) is 0 Å². The second-order valence-electron chi connectivity index (χ2n) is 5.35. The summed E-state index contributed by atoms with van der Waals surface area (Å²) in [6.07, 6.45) is 4.66. The summed E-state index contributed by atoms with van der Waals surface area (Å²) in [6.45, 7) is 0. The maximum absolute atomic E-state index is 2.34. The lowest BCUT2D eigenvalue weighted by molar-refractivity contribution is 1.45. The average Bonchev–Trinajstić information content (AvgIpc) is 3.11. The monoisotopic (exact) mass is 272 g/mol. The summed E-state index contributed by atoms with van der Waals surface area (Å²) in [5.74, 6) is 1.11. The van der Waals surface area contributed by atoms with Gasteiger partial charge in [-0.15, -0.1) is 11.8 Å². The summed E-state index contributed by atoms with van der Waals surface area (Å²) in [5, 5.41) is 8.28. The van der Waals surface area contributed by atoms with Crippen molar-refractivity contribution in [3.05, 3.63) is 75.0 Å². The van der Waals surface area contributed by atoms with Crippen LogP contribution in [0.1, 0.15) is 5.56 Å². The van der Waals surface area contributed by atoms with Gasteiger partial charge in [-0.1, -0.05) is 54.6 Å². The highest BCUT2D eigenvalue weighted by Gasteiger charge is 2.12. The first-order chi connectivity index (χ1) is 9.92. The first kappa shape index (κ1) is 10.8. The largest absolute Gasteiger partial charge is 0.121 e. The fraction of sp³-hybridized carbons (Fsp3) is 0.0526. The van der Waals surface area contributed by atoms with Crippen molar-refractivity contribution in [2.75, 3.05) is 5.75 Å². The average molecular weight is 272 g/mol. The van der Waals surface area contributed by atoms with E-state index in [4.69, 9.17) is 0 Å². The zero-order valence-corrected chi connectivity index (χ0v) is 11.7. The fourth-order valence-electron chi connectivity index (χ4n) is 3.37. The standard InChI is InChI=1S/C19H12S/c1-2-4-14-13(3-1)11-18-15(14)7-8-17-16(18)6-5-12-9-10-20-19(12)17/h1-9,11H,10H2. The second kappa shape index (κ2) is 3.77. The highest BCUT2D eigenvalue weighted by molar-refractivity contribution is 8.00. The molecule has 0 aromatic heterocycles. The molecule has 1 heterocycles. The van der Waals surface area contributed by atoms with Crippen molar-refractivity contribution in [3.8, 4) is 0 Å². The van der Waals surface area contributed by atoms with E-state index in [1.54, 1.807) is 0 Å². The van der Waals surface area contributed by atoms with Crippen molar-refractivity contribution >= 4 is 34.7 Å². The molecule has 94 valence electrons. The highest BCUT2D eigenvalue weighted by Crippen LogP contribution is 2.31. The molecule has 0 amide bonds. The topological polar surface area (TPSA) is 0 Å². The third kappa shape index (κ3) is 1.28. The van der Waals surface area contributed by atoms with Gasteiger partial charge in [-0.2, -0.15) is 0 Å². The molecule has 0 saturated carbocycles. The van der Waals surface area contributed by atoms with Crippen LogP contribution in [-0.4, -0.2) is 5.75 Å². The first-order valence-electron chi connectivity index (χ1n) is 6.92. The Labute approximate surface area is 120 Å². The minimum atomic E-state index is 1.11. The molecule has 0 fully saturated rings. The number of fused-ring (bicyclic) bond motifs is 6. The normalized spacial score (nSPS) is 14.4. The Kier molecular flexibility index (Phi) is 2.03. The van der Waals surface area contributed by atoms with Crippen LogP contribution in [0.3, 0.4) is 0 Å². The van der Waals surface area contributed by atoms with Gasteiger partial charge >= 0.3 is 0 Å². The molecule has 2 aliphatic rings. The first-order valence-corrected chi connectivity index (χ1v) is 7.90. The van der Waals surface area contributed by atoms with Gasteiger partial charge in [-0.25, -0.2) is 0 Å². The molecule has 20 heavy (non-hydrogen) atoms. The summed E-state index contributed by atoms with van der Waals surface area (Å²) >= 11 is 1.96. The molecule has 0 atom stereocenters. The van der Waals surface area contributed by atoms with E-state index in [-0.39, 0.29) is 0 Å². The number of thioether (sulfide) groups is 1. The van der Waals surface area contributed by atoms with Crippen LogP contribution in [-0.2, 0) is 0 Å². The third-order valence-electron chi connectivity index (χ3n) is 4.31. The Hall–Kier alpha value is -1.99. The fourth-order valence-corrected chi connectivity index (χ4v) is 4.45. The van der Waals surface area contributed by atoms with E-state index in [2.05, 4.69) is 60.7 Å². The molecule has 0 nitrogen and oxygen atoms in total. The summed E-state index contributed by atoms with van der Waals surface area (Å²) in [4.78, 5) is 1.45. The molecule has 0 unspecified atom stereocenters. The predicted octanol–water partition coefficient (Wildman–Crippen LogP) is 3.16. The Morgan fingerprint density at radius 1 is 0.750 bits per heavy atom. The van der Waals surface area contributed by atoms with Gasteiger partial charge in [0.25, 0.3) is 0 Å². The van der Waals surface area contributed by atoms with Crippen LogP contribution in [0.4, 0.5) is 0 Å². The summed E-state index contributed by atoms with van der Waals surface area (Å²) in [7, 11) is 0. The maximum atomic E-state index is 2.34. The molecule has 3 aromatic carbocycles. The van der Waals surface area contributed by atoms with E-state index in [0.717, 1.165) is 5.75 Å². The smallest absolute Gasteiger partial charge is 0.0223 e. The van der Waals surface area contributed by atoms with Crippen molar-refractivity contribution < 1.29 is 0 Å². The van der Waals surface area contributed by atoms with E-state index >= 15 is 0 Å². The lowest BCUT2D eigenvalue weighted by atomic mass is 10.0. The Balaban J connectivity index is 2.05. The van der Waals surface area contributed by atoms with Crippen molar-refractivity contribution in [3.63, 3.8) is 0 Å². The van der Waals surface area contributed by atoms with Crippen molar-refractivity contribution in [2.45, 2.75) is 4.90 Å². The molecule has 0 N–H and O–H groups in total. The highest BCUT2D eigenvalue weighted by atomic mass is 32.2. The van der Waals surface area contributed by atoms with Gasteiger partial charge < -0.3 is 0 Å². The number of rotatable bonds is 0. The van der Waals surface area contributed by atoms with Crippen molar-refractivity contribution in [2.24, 2.45) is 0 Å². The Morgan fingerprint density at radius 2 is 1.65 bits per heavy atom. The third-order valence-corrected chi connectivity index (χ3v) is 5.38. The van der Waals surface area contributed by atoms with Gasteiger partial charge in [0.2, 0.25) is 0 Å². The molecule has 0 bridgehead atoms. The summed E-state index contributed by atoms with van der Waals surface area (Å²) in [6, 6.07) is 17.8. The molecule has 5 rings (SSSR count). The zero-order chi connectivity index (χ0) is 13.1. The molecule has 0 radical (unpaired) electrons. The lowest BCUT2D eigenvalue weighted by Crippen LogP contribution is -2.00. The molecule has 0 saturated heterocycles. The minimum Gasteiger partial charge on any atom is -0.121 e. The molecule has 0 spiro atoms. The molecule has 3 aromatic rings. The van der Waals surface area contributed by atoms with E-state index in [1.165, 1.54) is 42.1 Å². The van der Waals surface area contributed by atoms with Crippen molar-refractivity contribution in [1.82, 2.24) is 0 Å². The van der Waals surface area contributed by atoms with Crippen molar-refractivity contribution in [1.29, 1.82) is 0 Å². The van der Waals surface area contributed by atoms with Gasteiger partial charge in [0.1, 0.15) is 0 Å². The van der Waals surface area contributed by atoms with Gasteiger partial charge in [-0.3, -0.25) is 0 Å². The second-order valence-corrected chi connectivity index (χ2v) is 6.38. The van der Waals surface area contributed by atoms with E-state index in [0.29, 0.717) is 0 Å². The SMILES string of the molecule is C1=c2ccc3c4c(ccc3c2SC1)=c1ccccc1=C4. The number of hydrogen-bond donors (Lipinski definition) is 0. The van der Waals surface area contributed by atoms with E-state index < -0.39 is 0 Å². The number of hydrogen-bond acceptors (Lipinski definition) is 1. The minimum absolute atomic E-state index is 1.11. The van der Waals surface area contributed by atoms with E-state index in [1.807, 2.05) is 11.8 Å². The van der Waals surface area contributed by atoms with Crippen LogP contribution < -0.4 is 10.4 Å². The van der Waals surface area contributed by atoms with Gasteiger partial charge in [-0.05, 0) is 43.3 Å². The molecular formula is C19H12S. The van der Waals surface area contributed by atoms with E-state index in [9.17, 15) is 0 Å². The van der Waals surface area contributed by atoms with Gasteiger partial charge in [0.05, 0.1) is 0 Å². The predicted molar refractivity (Wildman–Crippen MR) is 86.1 cm³/mol. The molecular weight excluding hydrogens is 260 g/mol. The molecule has 1 aliphatic heterocycles. The van der Waals surface area contributed by atoms with Crippen LogP contribution in [0.25, 0.3) is 22.9 Å². The lowest BCUT2D eigenvalue weighted by Gasteiger charge is -2.05. The maximum Gasteiger partial charge on any atom is 0.0223 e. The van der Waals surface area contributed by atoms with Crippen LogP contribution in [0.15, 0.2) is 53.4 Å². The Bertz CT molecular complexity index is 1090. The number of benzene rings is 3. The quantitative estimate of drug-likeness (QED) is 0.474. The van der Waals surface area contributed by atoms with Crippen LogP contribution >= 0.6 is 11.8 Å². The zero-order valence-electron chi connectivity index (χ0n) is 10.9. The molecule has 1 heteroatoms. The van der Waals surface area contributed by atoms with Gasteiger partial charge in [0.15, 0.2) is 0 Å². The van der Waals surface area contributed by atoms with Crippen LogP contribution in [0, 0.1) is 10.4 Å².